The highest BCUT2D eigenvalue weighted by atomic mass is 35.5. The number of halogens is 7. The summed E-state index contributed by atoms with van der Waals surface area (Å²) in [5.41, 5.74) is 1.63. The maximum absolute atomic E-state index is 12.9. The summed E-state index contributed by atoms with van der Waals surface area (Å²) in [5.74, 6) is -0.612. The van der Waals surface area contributed by atoms with E-state index in [0.29, 0.717) is 60.8 Å². The van der Waals surface area contributed by atoms with E-state index in [1.165, 1.54) is 12.4 Å². The number of hydrogen-bond acceptors (Lipinski definition) is 7. The Bertz CT molecular complexity index is 1100. The van der Waals surface area contributed by atoms with Crippen LogP contribution >= 0.6 is 35.3 Å². The number of nitrogens with zero attached hydrogens (tertiary/aromatic N) is 4. The van der Waals surface area contributed by atoms with Gasteiger partial charge in [0.2, 0.25) is 5.91 Å². The third-order valence-electron chi connectivity index (χ3n) is 5.76. The Morgan fingerprint density at radius 1 is 1.14 bits per heavy atom. The van der Waals surface area contributed by atoms with Crippen molar-refractivity contribution < 1.29 is 31.1 Å². The smallest absolute Gasteiger partial charge is 0.353 e. The van der Waals surface area contributed by atoms with Gasteiger partial charge in [-0.15, -0.1) is 11.8 Å². The summed E-state index contributed by atoms with van der Waals surface area (Å²) in [6.07, 6.45) is -6.47. The van der Waals surface area contributed by atoms with Gasteiger partial charge in [-0.25, -0.2) is 4.99 Å². The topological polar surface area (TPSA) is 60.3 Å². The predicted molar refractivity (Wildman–Crippen MR) is 135 cm³/mol. The molecule has 2 atom stereocenters. The molecule has 15 heteroatoms. The number of thioether (sulfide) groups is 1. The standard InChI is InChI=1S/C22H22ClF6N5OS2/c23-17-8-14(32-36-11-22(27,28)29)2-1-13(17)7-18(35)33-3-5-34(6-4-33)19-16-9-15(10-21(24,25)26)37-20(16)31-12-30-19/h1-2,8-9,12,15,20,32H,3-7,10-11H2. The van der Waals surface area contributed by atoms with E-state index < -0.39 is 35.2 Å². The number of amides is 1. The van der Waals surface area contributed by atoms with Crippen LogP contribution in [0.25, 0.3) is 0 Å². The van der Waals surface area contributed by atoms with Crippen LogP contribution < -0.4 is 4.72 Å². The van der Waals surface area contributed by atoms with Gasteiger partial charge in [-0.1, -0.05) is 23.7 Å². The Hall–Kier alpha value is -2.06. The molecule has 1 fully saturated rings. The number of benzene rings is 1. The SMILES string of the molecule is O=C(Cc1ccc(NSCC(F)(F)F)cc1Cl)N1CCN(C2=NC=NC3SC(CC(F)(F)F)C=C23)CC1. The molecule has 0 bridgehead atoms. The van der Waals surface area contributed by atoms with E-state index in [-0.39, 0.29) is 17.4 Å². The Morgan fingerprint density at radius 2 is 1.86 bits per heavy atom. The van der Waals surface area contributed by atoms with Crippen LogP contribution in [0, 0.1) is 0 Å². The summed E-state index contributed by atoms with van der Waals surface area (Å²) in [5, 5.41) is -0.852. The first-order chi connectivity index (χ1) is 17.4. The van der Waals surface area contributed by atoms with E-state index in [9.17, 15) is 31.1 Å². The first-order valence-electron chi connectivity index (χ1n) is 11.2. The van der Waals surface area contributed by atoms with Crippen LogP contribution in [0.15, 0.2) is 39.8 Å². The largest absolute Gasteiger partial charge is 0.399 e. The molecule has 3 aliphatic heterocycles. The van der Waals surface area contributed by atoms with Crippen LogP contribution in [0.3, 0.4) is 0 Å². The van der Waals surface area contributed by atoms with Gasteiger partial charge < -0.3 is 14.5 Å². The second-order valence-electron chi connectivity index (χ2n) is 8.54. The molecular formula is C22H22ClF6N5OS2. The quantitative estimate of drug-likeness (QED) is 0.357. The van der Waals surface area contributed by atoms with Crippen LogP contribution in [0.4, 0.5) is 32.0 Å². The number of alkyl halides is 6. The molecule has 4 rings (SSSR count). The summed E-state index contributed by atoms with van der Waals surface area (Å²) in [4.78, 5) is 25.0. The molecule has 1 aromatic carbocycles. The lowest BCUT2D eigenvalue weighted by molar-refractivity contribution is -0.132. The van der Waals surface area contributed by atoms with Crippen LogP contribution in [-0.4, -0.2) is 82.8 Å². The molecule has 0 aromatic heterocycles. The van der Waals surface area contributed by atoms with E-state index in [4.69, 9.17) is 11.6 Å². The highest BCUT2D eigenvalue weighted by molar-refractivity contribution is 8.01. The molecule has 1 amide bonds. The summed E-state index contributed by atoms with van der Waals surface area (Å²) < 4.78 is 78.0. The fourth-order valence-electron chi connectivity index (χ4n) is 4.08. The second-order valence-corrected chi connectivity index (χ2v) is 11.1. The van der Waals surface area contributed by atoms with Crippen molar-refractivity contribution in [3.8, 4) is 0 Å². The number of aliphatic imine (C=N–C) groups is 2. The average Bonchev–Trinajstić information content (AvgIpc) is 3.20. The zero-order valence-corrected chi connectivity index (χ0v) is 21.5. The number of rotatable bonds is 6. The molecule has 202 valence electrons. The fourth-order valence-corrected chi connectivity index (χ4v) is 6.16. The second kappa shape index (κ2) is 11.4. The molecule has 0 aliphatic carbocycles. The Balaban J connectivity index is 1.30. The van der Waals surface area contributed by atoms with Gasteiger partial charge in [-0.2, -0.15) is 26.3 Å². The molecule has 6 nitrogen and oxygen atoms in total. The molecular weight excluding hydrogens is 564 g/mol. The molecule has 3 heterocycles. The summed E-state index contributed by atoms with van der Waals surface area (Å²) in [6.45, 7) is 1.73. The van der Waals surface area contributed by atoms with E-state index in [2.05, 4.69) is 14.7 Å². The maximum atomic E-state index is 12.9. The minimum absolute atomic E-state index is 0.0331. The van der Waals surface area contributed by atoms with Gasteiger partial charge in [0.1, 0.15) is 23.3 Å². The zero-order chi connectivity index (χ0) is 26.8. The number of carbonyl (C=O) groups is 1. The molecule has 0 radical (unpaired) electrons. The van der Waals surface area contributed by atoms with Crippen molar-refractivity contribution in [3.63, 3.8) is 0 Å². The van der Waals surface area contributed by atoms with Crippen molar-refractivity contribution in [1.29, 1.82) is 0 Å². The minimum atomic E-state index is -4.29. The highest BCUT2D eigenvalue weighted by Gasteiger charge is 2.40. The number of nitrogens with one attached hydrogen (secondary N) is 1. The van der Waals surface area contributed by atoms with Crippen molar-refractivity contribution in [1.82, 2.24) is 9.80 Å². The van der Waals surface area contributed by atoms with Crippen molar-refractivity contribution in [3.05, 3.63) is 40.4 Å². The monoisotopic (exact) mass is 585 g/mol. The van der Waals surface area contributed by atoms with E-state index in [0.717, 1.165) is 11.8 Å². The normalized spacial score (nSPS) is 22.0. The van der Waals surface area contributed by atoms with Crippen molar-refractivity contribution in [2.24, 2.45) is 9.98 Å². The predicted octanol–water partition coefficient (Wildman–Crippen LogP) is 5.41. The third-order valence-corrected chi connectivity index (χ3v) is 8.25. The summed E-state index contributed by atoms with van der Waals surface area (Å²) in [7, 11) is 0. The molecule has 2 unspecified atom stereocenters. The highest BCUT2D eigenvalue weighted by Crippen LogP contribution is 2.41. The van der Waals surface area contributed by atoms with Gasteiger partial charge in [0.25, 0.3) is 0 Å². The maximum Gasteiger partial charge on any atom is 0.399 e. The number of hydrogen-bond donors (Lipinski definition) is 1. The first kappa shape index (κ1) is 28.0. The fraction of sp³-hybridized carbons (Fsp3) is 0.500. The van der Waals surface area contributed by atoms with E-state index in [1.54, 1.807) is 23.1 Å². The molecule has 1 saturated heterocycles. The van der Waals surface area contributed by atoms with Crippen LogP contribution in [0.2, 0.25) is 5.02 Å². The zero-order valence-electron chi connectivity index (χ0n) is 19.2. The van der Waals surface area contributed by atoms with E-state index >= 15 is 0 Å². The van der Waals surface area contributed by atoms with Gasteiger partial charge in [-0.3, -0.25) is 9.79 Å². The number of fused-ring (bicyclic) bond motifs is 1. The number of anilines is 1. The molecule has 37 heavy (non-hydrogen) atoms. The van der Waals surface area contributed by atoms with Crippen LogP contribution in [0.1, 0.15) is 12.0 Å². The summed E-state index contributed by atoms with van der Waals surface area (Å²) >= 11 is 7.90. The molecule has 1 aromatic rings. The molecule has 3 aliphatic rings. The van der Waals surface area contributed by atoms with E-state index in [1.807, 2.05) is 4.90 Å². The Kier molecular flexibility index (Phi) is 8.58. The Morgan fingerprint density at radius 3 is 2.51 bits per heavy atom. The van der Waals surface area contributed by atoms with Crippen molar-refractivity contribution >= 4 is 59.1 Å². The van der Waals surface area contributed by atoms with Gasteiger partial charge in [0.05, 0.1) is 12.8 Å². The van der Waals surface area contributed by atoms with Crippen molar-refractivity contribution in [2.45, 2.75) is 35.8 Å². The van der Waals surface area contributed by atoms with Gasteiger partial charge in [0, 0.05) is 47.7 Å². The summed E-state index contributed by atoms with van der Waals surface area (Å²) in [6, 6.07) is 4.64. The van der Waals surface area contributed by atoms with Crippen molar-refractivity contribution in [2.75, 3.05) is 36.7 Å². The average molecular weight is 586 g/mol. The minimum Gasteiger partial charge on any atom is -0.353 e. The van der Waals surface area contributed by atoms with Gasteiger partial charge in [0.15, 0.2) is 0 Å². The molecule has 0 saturated carbocycles. The van der Waals surface area contributed by atoms with Gasteiger partial charge >= 0.3 is 12.4 Å². The molecule has 0 spiro atoms. The third kappa shape index (κ3) is 7.73. The van der Waals surface area contributed by atoms with Crippen LogP contribution in [0.5, 0.6) is 0 Å². The lowest BCUT2D eigenvalue weighted by Gasteiger charge is -2.37. The lowest BCUT2D eigenvalue weighted by atomic mass is 10.1. The van der Waals surface area contributed by atoms with Crippen LogP contribution in [-0.2, 0) is 11.2 Å². The number of carbonyl (C=O) groups excluding carboxylic acids is 1. The number of piperazine rings is 1. The number of amidine groups is 1. The Labute approximate surface area is 222 Å². The first-order valence-corrected chi connectivity index (χ1v) is 13.5. The molecule has 1 N–H and O–H groups in total. The van der Waals surface area contributed by atoms with Gasteiger partial charge in [-0.05, 0) is 29.6 Å². The lowest BCUT2D eigenvalue weighted by Crippen LogP contribution is -2.52.